The second-order valence-electron chi connectivity index (χ2n) is 8.45. The Balaban J connectivity index is 1.42. The Morgan fingerprint density at radius 3 is 2.24 bits per heavy atom. The van der Waals surface area contributed by atoms with Crippen LogP contribution >= 0.6 is 0 Å². The van der Waals surface area contributed by atoms with Crippen molar-refractivity contribution in [1.29, 1.82) is 0 Å². The molecule has 1 unspecified atom stereocenters. The lowest BCUT2D eigenvalue weighted by Crippen LogP contribution is -3.12. The largest absolute Gasteiger partial charge is 0.386 e. The fraction of sp³-hybridized carbons (Fsp3) is 0.231. The lowest BCUT2D eigenvalue weighted by atomic mass is 10.0. The van der Waals surface area contributed by atoms with Gasteiger partial charge < -0.3 is 14.9 Å². The number of aliphatic hydroxyl groups is 1. The number of hydrogen-bond acceptors (Lipinski definition) is 2. The van der Waals surface area contributed by atoms with Crippen molar-refractivity contribution in [2.45, 2.75) is 18.6 Å². The Morgan fingerprint density at radius 2 is 1.48 bits per heavy atom. The Kier molecular flexibility index (Phi) is 3.86. The summed E-state index contributed by atoms with van der Waals surface area (Å²) in [5.41, 5.74) is 3.99. The van der Waals surface area contributed by atoms with E-state index < -0.39 is 0 Å². The van der Waals surface area contributed by atoms with Crippen LogP contribution in [0.5, 0.6) is 0 Å². The van der Waals surface area contributed by atoms with Gasteiger partial charge in [-0.15, -0.1) is 0 Å². The lowest BCUT2D eigenvalue weighted by Gasteiger charge is -2.26. The van der Waals surface area contributed by atoms with E-state index in [1.54, 1.807) is 0 Å². The molecule has 1 aliphatic heterocycles. The molecule has 29 heavy (non-hydrogen) atoms. The number of quaternary nitrogens is 1. The zero-order valence-corrected chi connectivity index (χ0v) is 16.4. The van der Waals surface area contributed by atoms with Crippen LogP contribution in [0.2, 0.25) is 0 Å². The Hall–Kier alpha value is -2.88. The lowest BCUT2D eigenvalue weighted by molar-refractivity contribution is -0.922. The minimum atomic E-state index is -0.286. The van der Waals surface area contributed by atoms with Crippen molar-refractivity contribution in [3.8, 4) is 0 Å². The molecular formula is C26H25N2O+. The highest BCUT2D eigenvalue weighted by Crippen LogP contribution is 2.36. The van der Waals surface area contributed by atoms with E-state index >= 15 is 0 Å². The normalized spacial score (nSPS) is 23.8. The van der Waals surface area contributed by atoms with Crippen LogP contribution in [0.25, 0.3) is 21.5 Å². The first-order valence-electron chi connectivity index (χ1n) is 10.6. The number of hydrogen-bond donors (Lipinski definition) is 2. The van der Waals surface area contributed by atoms with Gasteiger partial charge in [-0.05, 0) is 22.4 Å². The van der Waals surface area contributed by atoms with E-state index in [0.29, 0.717) is 0 Å². The predicted molar refractivity (Wildman–Crippen MR) is 118 cm³/mol. The first-order chi connectivity index (χ1) is 14.3. The summed E-state index contributed by atoms with van der Waals surface area (Å²) in [6.07, 6.45) is 0.494. The summed E-state index contributed by atoms with van der Waals surface area (Å²) in [6.45, 7) is 2.99. The molecule has 3 heteroatoms. The standard InChI is InChI=1S/C26H24N2O/c29-24-16-20-9-3-6-12-23(20)26(24)28-14-13-27(17-28)25-21-10-4-1-7-18(21)15-19-8-2-5-11-22(19)25/h1-12,15,24,26,29H,13-14,16-17H2/p+1/t24-,26-/m0/s1. The smallest absolute Gasteiger partial charge is 0.153 e. The molecule has 1 heterocycles. The molecule has 4 aromatic rings. The van der Waals surface area contributed by atoms with E-state index in [1.807, 2.05) is 0 Å². The van der Waals surface area contributed by atoms with E-state index in [2.05, 4.69) is 83.8 Å². The highest BCUT2D eigenvalue weighted by Gasteiger charge is 2.41. The molecule has 2 aliphatic rings. The minimum Gasteiger partial charge on any atom is -0.386 e. The van der Waals surface area contributed by atoms with Crippen LogP contribution in [0, 0.1) is 0 Å². The summed E-state index contributed by atoms with van der Waals surface area (Å²) < 4.78 is 0. The van der Waals surface area contributed by atoms with Crippen molar-refractivity contribution in [3.05, 3.63) is 90.0 Å². The van der Waals surface area contributed by atoms with Crippen LogP contribution in [0.1, 0.15) is 17.2 Å². The van der Waals surface area contributed by atoms with Gasteiger partial charge in [0.25, 0.3) is 0 Å². The van der Waals surface area contributed by atoms with Gasteiger partial charge in [-0.3, -0.25) is 0 Å². The molecule has 6 rings (SSSR count). The number of nitrogens with zero attached hydrogens (tertiary/aromatic N) is 1. The average Bonchev–Trinajstić information content (AvgIpc) is 3.35. The molecule has 0 saturated carbocycles. The molecular weight excluding hydrogens is 356 g/mol. The third kappa shape index (κ3) is 2.65. The first-order valence-corrected chi connectivity index (χ1v) is 10.6. The molecule has 0 spiro atoms. The van der Waals surface area contributed by atoms with Crippen molar-refractivity contribution in [2.24, 2.45) is 0 Å². The maximum absolute atomic E-state index is 10.8. The molecule has 2 N–H and O–H groups in total. The summed E-state index contributed by atoms with van der Waals surface area (Å²) in [7, 11) is 0. The minimum absolute atomic E-state index is 0.178. The van der Waals surface area contributed by atoms with E-state index in [9.17, 15) is 5.11 Å². The predicted octanol–water partition coefficient (Wildman–Crippen LogP) is 3.31. The van der Waals surface area contributed by atoms with Crippen LogP contribution in [0.4, 0.5) is 5.69 Å². The van der Waals surface area contributed by atoms with Gasteiger partial charge in [0.2, 0.25) is 0 Å². The molecule has 1 saturated heterocycles. The van der Waals surface area contributed by atoms with Crippen LogP contribution in [0.3, 0.4) is 0 Å². The quantitative estimate of drug-likeness (QED) is 0.522. The Morgan fingerprint density at radius 1 is 0.828 bits per heavy atom. The topological polar surface area (TPSA) is 27.9 Å². The SMILES string of the molecule is O[C@H]1Cc2ccccc2[C@@H]1[NH+]1CCN(c2c3ccccc3cc3ccccc23)C1. The van der Waals surface area contributed by atoms with Crippen LogP contribution < -0.4 is 9.80 Å². The monoisotopic (exact) mass is 381 g/mol. The van der Waals surface area contributed by atoms with Gasteiger partial charge in [-0.2, -0.15) is 0 Å². The summed E-state index contributed by atoms with van der Waals surface area (Å²) >= 11 is 0. The zero-order chi connectivity index (χ0) is 19.4. The van der Waals surface area contributed by atoms with Gasteiger partial charge in [0, 0.05) is 22.8 Å². The molecule has 0 bridgehead atoms. The Labute approximate surface area is 170 Å². The highest BCUT2D eigenvalue weighted by molar-refractivity contribution is 6.11. The van der Waals surface area contributed by atoms with Crippen LogP contribution in [-0.4, -0.2) is 31.0 Å². The van der Waals surface area contributed by atoms with Gasteiger partial charge in [0.1, 0.15) is 12.1 Å². The molecule has 0 radical (unpaired) electrons. The van der Waals surface area contributed by atoms with Gasteiger partial charge in [-0.25, -0.2) is 0 Å². The fourth-order valence-electron chi connectivity index (χ4n) is 5.52. The maximum Gasteiger partial charge on any atom is 0.153 e. The summed E-state index contributed by atoms with van der Waals surface area (Å²) in [5.74, 6) is 0. The molecule has 144 valence electrons. The van der Waals surface area contributed by atoms with Gasteiger partial charge in [0.15, 0.2) is 6.67 Å². The van der Waals surface area contributed by atoms with Crippen molar-refractivity contribution in [3.63, 3.8) is 0 Å². The zero-order valence-electron chi connectivity index (χ0n) is 16.4. The number of benzene rings is 4. The number of rotatable bonds is 2. The van der Waals surface area contributed by atoms with Crippen LogP contribution in [0.15, 0.2) is 78.9 Å². The highest BCUT2D eigenvalue weighted by atomic mass is 16.3. The average molecular weight is 381 g/mol. The van der Waals surface area contributed by atoms with Crippen molar-refractivity contribution in [1.82, 2.24) is 0 Å². The molecule has 1 fully saturated rings. The number of nitrogens with one attached hydrogen (secondary N) is 1. The van der Waals surface area contributed by atoms with E-state index in [4.69, 9.17) is 0 Å². The second kappa shape index (κ2) is 6.58. The summed E-state index contributed by atoms with van der Waals surface area (Å²) in [6, 6.07) is 28.5. The van der Waals surface area contributed by atoms with Crippen LogP contribution in [-0.2, 0) is 6.42 Å². The van der Waals surface area contributed by atoms with E-state index in [-0.39, 0.29) is 12.1 Å². The van der Waals surface area contributed by atoms with Gasteiger partial charge >= 0.3 is 0 Å². The third-order valence-electron chi connectivity index (χ3n) is 6.80. The molecule has 3 nitrogen and oxygen atoms in total. The molecule has 1 aliphatic carbocycles. The molecule has 0 aromatic heterocycles. The molecule has 0 amide bonds. The second-order valence-corrected chi connectivity index (χ2v) is 8.45. The van der Waals surface area contributed by atoms with Gasteiger partial charge in [0.05, 0.1) is 18.8 Å². The summed E-state index contributed by atoms with van der Waals surface area (Å²) in [5, 5.41) is 16.1. The third-order valence-corrected chi connectivity index (χ3v) is 6.80. The Bertz CT molecular complexity index is 1160. The van der Waals surface area contributed by atoms with Gasteiger partial charge in [-0.1, -0.05) is 72.8 Å². The number of fused-ring (bicyclic) bond motifs is 3. The van der Waals surface area contributed by atoms with Crippen molar-refractivity contribution >= 4 is 27.2 Å². The van der Waals surface area contributed by atoms with E-state index in [1.165, 1.54) is 43.3 Å². The first kappa shape index (κ1) is 17.0. The molecule has 4 aromatic carbocycles. The van der Waals surface area contributed by atoms with E-state index in [0.717, 1.165) is 26.2 Å². The van der Waals surface area contributed by atoms with Crippen molar-refractivity contribution < 1.29 is 10.0 Å². The maximum atomic E-state index is 10.8. The number of anilines is 1. The number of aliphatic hydroxyl groups excluding tert-OH is 1. The fourth-order valence-corrected chi connectivity index (χ4v) is 5.52. The summed E-state index contributed by atoms with van der Waals surface area (Å²) in [4.78, 5) is 4.01. The molecule has 3 atom stereocenters. The van der Waals surface area contributed by atoms with Crippen molar-refractivity contribution in [2.75, 3.05) is 24.7 Å².